The zero-order valence-corrected chi connectivity index (χ0v) is 11.5. The van der Waals surface area contributed by atoms with Gasteiger partial charge in [0.1, 0.15) is 0 Å². The monoisotopic (exact) mass is 296 g/mol. The Hall–Kier alpha value is -0.860. The highest BCUT2D eigenvalue weighted by Gasteiger charge is 2.18. The Labute approximate surface area is 111 Å². The van der Waals surface area contributed by atoms with Crippen LogP contribution in [0, 0.1) is 0 Å². The van der Waals surface area contributed by atoms with Crippen LogP contribution in [0.15, 0.2) is 48.7 Å². The summed E-state index contributed by atoms with van der Waals surface area (Å²) in [6.07, 6.45) is 2.31. The molecule has 0 aliphatic carbocycles. The van der Waals surface area contributed by atoms with Gasteiger partial charge < -0.3 is 9.47 Å². The third-order valence-electron chi connectivity index (χ3n) is 2.29. The van der Waals surface area contributed by atoms with E-state index in [-0.39, 0.29) is 11.1 Å². The standard InChI is InChI=1S/C14H17BrO2/c1-3-4-10-17-14(16-2)13(15)11-12-8-6-5-7-9-12/h4-9,13-14H,1,10-11H2,2H3. The smallest absolute Gasteiger partial charge is 0.170 e. The number of methoxy groups -OCH3 is 1. The number of benzene rings is 1. The van der Waals surface area contributed by atoms with Crippen molar-refractivity contribution in [1.82, 2.24) is 0 Å². The van der Waals surface area contributed by atoms with Gasteiger partial charge in [-0.2, -0.15) is 0 Å². The second kappa shape index (κ2) is 8.26. The number of hydrogen-bond acceptors (Lipinski definition) is 2. The van der Waals surface area contributed by atoms with Gasteiger partial charge in [-0.15, -0.1) is 5.73 Å². The molecule has 0 aliphatic rings. The molecule has 3 heteroatoms. The van der Waals surface area contributed by atoms with Gasteiger partial charge in [0.05, 0.1) is 11.4 Å². The Morgan fingerprint density at radius 3 is 2.71 bits per heavy atom. The van der Waals surface area contributed by atoms with Crippen molar-refractivity contribution in [2.45, 2.75) is 17.5 Å². The van der Waals surface area contributed by atoms with Crippen molar-refractivity contribution >= 4 is 15.9 Å². The predicted molar refractivity (Wildman–Crippen MR) is 73.3 cm³/mol. The quantitative estimate of drug-likeness (QED) is 0.437. The predicted octanol–water partition coefficient (Wildman–Crippen LogP) is 3.32. The Bertz CT molecular complexity index is 358. The lowest BCUT2D eigenvalue weighted by molar-refractivity contribution is -0.113. The highest BCUT2D eigenvalue weighted by Crippen LogP contribution is 2.16. The third kappa shape index (κ3) is 5.33. The number of alkyl halides is 1. The van der Waals surface area contributed by atoms with Crippen molar-refractivity contribution in [3.63, 3.8) is 0 Å². The van der Waals surface area contributed by atoms with E-state index in [2.05, 4.69) is 40.4 Å². The number of halogens is 1. The zero-order chi connectivity index (χ0) is 12.5. The molecule has 1 aromatic rings. The molecule has 2 atom stereocenters. The van der Waals surface area contributed by atoms with E-state index in [4.69, 9.17) is 9.47 Å². The molecule has 0 aromatic heterocycles. The minimum Gasteiger partial charge on any atom is -0.355 e. The first-order chi connectivity index (χ1) is 8.27. The summed E-state index contributed by atoms with van der Waals surface area (Å²) in [5, 5.41) is 0. The first kappa shape index (κ1) is 14.2. The van der Waals surface area contributed by atoms with E-state index >= 15 is 0 Å². The molecule has 0 radical (unpaired) electrons. The molecule has 0 bridgehead atoms. The van der Waals surface area contributed by atoms with Crippen LogP contribution in [0.1, 0.15) is 5.56 Å². The highest BCUT2D eigenvalue weighted by atomic mass is 79.9. The summed E-state index contributed by atoms with van der Waals surface area (Å²) >= 11 is 3.59. The van der Waals surface area contributed by atoms with Crippen LogP contribution in [0.5, 0.6) is 0 Å². The summed E-state index contributed by atoms with van der Waals surface area (Å²) < 4.78 is 10.8. The Balaban J connectivity index is 2.48. The Kier molecular flexibility index (Phi) is 6.90. The molecule has 0 fully saturated rings. The summed E-state index contributed by atoms with van der Waals surface area (Å²) in [5.74, 6) is 0. The SMILES string of the molecule is C=C=CCOC(OC)C(Br)Cc1ccccc1. The molecule has 0 N–H and O–H groups in total. The van der Waals surface area contributed by atoms with E-state index in [1.807, 2.05) is 18.2 Å². The normalized spacial score (nSPS) is 13.8. The van der Waals surface area contributed by atoms with Crippen LogP contribution >= 0.6 is 15.9 Å². The molecule has 1 aromatic carbocycles. The molecule has 92 valence electrons. The van der Waals surface area contributed by atoms with Gasteiger partial charge >= 0.3 is 0 Å². The van der Waals surface area contributed by atoms with Gasteiger partial charge in [0, 0.05) is 7.11 Å². The van der Waals surface area contributed by atoms with E-state index in [1.54, 1.807) is 13.2 Å². The minimum absolute atomic E-state index is 0.119. The molecule has 2 unspecified atom stereocenters. The third-order valence-corrected chi connectivity index (χ3v) is 3.04. The molecule has 17 heavy (non-hydrogen) atoms. The average Bonchev–Trinajstić information content (AvgIpc) is 2.36. The van der Waals surface area contributed by atoms with Crippen molar-refractivity contribution in [1.29, 1.82) is 0 Å². The van der Waals surface area contributed by atoms with Gasteiger partial charge in [-0.05, 0) is 18.1 Å². The first-order valence-corrected chi connectivity index (χ1v) is 6.36. The first-order valence-electron chi connectivity index (χ1n) is 5.44. The molecular weight excluding hydrogens is 280 g/mol. The van der Waals surface area contributed by atoms with Crippen LogP contribution in [0.2, 0.25) is 0 Å². The molecule has 0 saturated heterocycles. The van der Waals surface area contributed by atoms with Gasteiger partial charge in [-0.3, -0.25) is 0 Å². The second-order valence-electron chi connectivity index (χ2n) is 3.55. The lowest BCUT2D eigenvalue weighted by atomic mass is 10.1. The second-order valence-corrected chi connectivity index (χ2v) is 4.73. The molecule has 0 saturated carbocycles. The van der Waals surface area contributed by atoms with Gasteiger partial charge in [-0.25, -0.2) is 0 Å². The number of hydrogen-bond donors (Lipinski definition) is 0. The van der Waals surface area contributed by atoms with E-state index in [0.29, 0.717) is 6.61 Å². The zero-order valence-electron chi connectivity index (χ0n) is 9.93. The maximum absolute atomic E-state index is 5.54. The largest absolute Gasteiger partial charge is 0.355 e. The van der Waals surface area contributed by atoms with Gasteiger partial charge in [0.2, 0.25) is 0 Å². The van der Waals surface area contributed by atoms with Crippen molar-refractivity contribution in [2.75, 3.05) is 13.7 Å². The molecule has 1 rings (SSSR count). The van der Waals surface area contributed by atoms with Crippen molar-refractivity contribution in [2.24, 2.45) is 0 Å². The Morgan fingerprint density at radius 1 is 1.41 bits per heavy atom. The molecular formula is C14H17BrO2. The number of rotatable bonds is 7. The fourth-order valence-electron chi connectivity index (χ4n) is 1.46. The molecule has 0 spiro atoms. The molecule has 2 nitrogen and oxygen atoms in total. The average molecular weight is 297 g/mol. The Morgan fingerprint density at radius 2 is 2.12 bits per heavy atom. The maximum atomic E-state index is 5.54. The maximum Gasteiger partial charge on any atom is 0.170 e. The van der Waals surface area contributed by atoms with Crippen LogP contribution in [0.25, 0.3) is 0 Å². The topological polar surface area (TPSA) is 18.5 Å². The van der Waals surface area contributed by atoms with Crippen molar-refractivity contribution in [3.8, 4) is 0 Å². The van der Waals surface area contributed by atoms with Crippen LogP contribution in [-0.4, -0.2) is 24.8 Å². The van der Waals surface area contributed by atoms with E-state index in [0.717, 1.165) is 6.42 Å². The van der Waals surface area contributed by atoms with E-state index in [9.17, 15) is 0 Å². The van der Waals surface area contributed by atoms with Crippen LogP contribution in [0.3, 0.4) is 0 Å². The summed E-state index contributed by atoms with van der Waals surface area (Å²) in [4.78, 5) is 0.119. The van der Waals surface area contributed by atoms with E-state index in [1.165, 1.54) is 5.56 Å². The fraction of sp³-hybridized carbons (Fsp3) is 0.357. The van der Waals surface area contributed by atoms with E-state index < -0.39 is 0 Å². The van der Waals surface area contributed by atoms with Crippen molar-refractivity contribution < 1.29 is 9.47 Å². The van der Waals surface area contributed by atoms with Gasteiger partial charge in [0.25, 0.3) is 0 Å². The number of ether oxygens (including phenoxy) is 2. The minimum atomic E-state index is -0.278. The fourth-order valence-corrected chi connectivity index (χ4v) is 2.20. The highest BCUT2D eigenvalue weighted by molar-refractivity contribution is 9.09. The lowest BCUT2D eigenvalue weighted by Crippen LogP contribution is -2.28. The summed E-state index contributed by atoms with van der Waals surface area (Å²) in [6.45, 7) is 3.94. The van der Waals surface area contributed by atoms with Crippen LogP contribution in [-0.2, 0) is 15.9 Å². The van der Waals surface area contributed by atoms with Gasteiger partial charge in [0.15, 0.2) is 6.29 Å². The summed E-state index contributed by atoms with van der Waals surface area (Å²) in [6, 6.07) is 10.2. The van der Waals surface area contributed by atoms with Crippen LogP contribution in [0.4, 0.5) is 0 Å². The molecule has 0 heterocycles. The molecule has 0 amide bonds. The van der Waals surface area contributed by atoms with Gasteiger partial charge in [-0.1, -0.05) is 52.8 Å². The van der Waals surface area contributed by atoms with Crippen molar-refractivity contribution in [3.05, 3.63) is 54.3 Å². The summed E-state index contributed by atoms with van der Waals surface area (Å²) in [7, 11) is 1.64. The molecule has 0 aliphatic heterocycles. The van der Waals surface area contributed by atoms with Crippen LogP contribution < -0.4 is 0 Å². The summed E-state index contributed by atoms with van der Waals surface area (Å²) in [5.41, 5.74) is 3.91. The lowest BCUT2D eigenvalue weighted by Gasteiger charge is -2.20.